The summed E-state index contributed by atoms with van der Waals surface area (Å²) in [6.45, 7) is 2.25. The summed E-state index contributed by atoms with van der Waals surface area (Å²) < 4.78 is 0. The monoisotopic (exact) mass is 275 g/mol. The summed E-state index contributed by atoms with van der Waals surface area (Å²) in [6.07, 6.45) is 8.02. The number of aromatic amines is 1. The Bertz CT molecular complexity index is 579. The predicted molar refractivity (Wildman–Crippen MR) is 79.2 cm³/mol. The van der Waals surface area contributed by atoms with E-state index in [1.54, 1.807) is 6.20 Å². The van der Waals surface area contributed by atoms with Crippen LogP contribution in [0.1, 0.15) is 39.0 Å². The van der Waals surface area contributed by atoms with Crippen molar-refractivity contribution >= 4 is 22.8 Å². The van der Waals surface area contributed by atoms with Gasteiger partial charge in [-0.25, -0.2) is 5.84 Å². The number of nitrogens with one attached hydrogen (secondary N) is 3. The molecule has 2 heterocycles. The van der Waals surface area contributed by atoms with E-state index in [-0.39, 0.29) is 0 Å². The Kier molecular flexibility index (Phi) is 3.68. The van der Waals surface area contributed by atoms with Gasteiger partial charge in [0.05, 0.1) is 11.6 Å². The first-order chi connectivity index (χ1) is 9.81. The predicted octanol–water partition coefficient (Wildman–Crippen LogP) is 2.02. The van der Waals surface area contributed by atoms with Crippen LogP contribution in [-0.4, -0.2) is 26.2 Å². The number of hydrazine groups is 1. The third kappa shape index (κ3) is 2.40. The Labute approximate surface area is 117 Å². The number of nitrogens with zero attached hydrogens (tertiary/aromatic N) is 3. The number of anilines is 2. The number of rotatable bonds is 4. The standard InChI is InChI=1S/C13H21N7/c1-2-8-5-3-4-6-10(8)16-11-9-7-15-20-12(9)18-13(17-11)19-14/h7-8,10H,2-6,14H2,1H3,(H3,15,16,17,18,19,20). The van der Waals surface area contributed by atoms with E-state index >= 15 is 0 Å². The van der Waals surface area contributed by atoms with Gasteiger partial charge < -0.3 is 5.32 Å². The lowest BCUT2D eigenvalue weighted by Gasteiger charge is -2.32. The fourth-order valence-electron chi connectivity index (χ4n) is 3.07. The lowest BCUT2D eigenvalue weighted by molar-refractivity contribution is 0.317. The molecule has 0 bridgehead atoms. The van der Waals surface area contributed by atoms with Gasteiger partial charge in [-0.15, -0.1) is 0 Å². The van der Waals surface area contributed by atoms with Gasteiger partial charge in [0.25, 0.3) is 0 Å². The highest BCUT2D eigenvalue weighted by Crippen LogP contribution is 2.30. The highest BCUT2D eigenvalue weighted by molar-refractivity contribution is 5.87. The first-order valence-corrected chi connectivity index (χ1v) is 7.26. The third-order valence-corrected chi connectivity index (χ3v) is 4.19. The van der Waals surface area contributed by atoms with Gasteiger partial charge in [-0.1, -0.05) is 26.2 Å². The first kappa shape index (κ1) is 13.1. The van der Waals surface area contributed by atoms with Crippen molar-refractivity contribution in [1.29, 1.82) is 0 Å². The fourth-order valence-corrected chi connectivity index (χ4v) is 3.07. The van der Waals surface area contributed by atoms with Crippen LogP contribution in [0.5, 0.6) is 0 Å². The maximum Gasteiger partial charge on any atom is 0.241 e. The van der Waals surface area contributed by atoms with Crippen molar-refractivity contribution in [1.82, 2.24) is 20.2 Å². The van der Waals surface area contributed by atoms with Crippen molar-refractivity contribution in [2.75, 3.05) is 10.7 Å². The van der Waals surface area contributed by atoms with Crippen LogP contribution in [0.3, 0.4) is 0 Å². The van der Waals surface area contributed by atoms with Crippen LogP contribution in [0.4, 0.5) is 11.8 Å². The molecule has 0 aromatic carbocycles. The van der Waals surface area contributed by atoms with E-state index in [1.807, 2.05) is 0 Å². The molecular formula is C13H21N7. The average Bonchev–Trinajstić information content (AvgIpc) is 2.96. The summed E-state index contributed by atoms with van der Waals surface area (Å²) in [5.41, 5.74) is 3.20. The molecule has 0 spiro atoms. The molecular weight excluding hydrogens is 254 g/mol. The molecule has 108 valence electrons. The minimum Gasteiger partial charge on any atom is -0.366 e. The van der Waals surface area contributed by atoms with Crippen molar-refractivity contribution in [3.05, 3.63) is 6.20 Å². The molecule has 1 aliphatic rings. The van der Waals surface area contributed by atoms with Crippen LogP contribution in [0.25, 0.3) is 11.0 Å². The topological polar surface area (TPSA) is 105 Å². The normalized spacial score (nSPS) is 22.9. The SMILES string of the molecule is CCC1CCCCC1Nc1nc(NN)nc2[nH]ncc12. The van der Waals surface area contributed by atoms with Gasteiger partial charge in [0.15, 0.2) is 5.65 Å². The lowest BCUT2D eigenvalue weighted by atomic mass is 9.83. The van der Waals surface area contributed by atoms with Gasteiger partial charge >= 0.3 is 0 Å². The Balaban J connectivity index is 1.90. The summed E-state index contributed by atoms with van der Waals surface area (Å²) in [5, 5.41) is 11.4. The van der Waals surface area contributed by atoms with E-state index < -0.39 is 0 Å². The van der Waals surface area contributed by atoms with Gasteiger partial charge in [-0.2, -0.15) is 15.1 Å². The van der Waals surface area contributed by atoms with Crippen LogP contribution < -0.4 is 16.6 Å². The summed E-state index contributed by atoms with van der Waals surface area (Å²) in [4.78, 5) is 8.68. The summed E-state index contributed by atoms with van der Waals surface area (Å²) in [7, 11) is 0. The molecule has 0 radical (unpaired) electrons. The lowest BCUT2D eigenvalue weighted by Crippen LogP contribution is -2.32. The molecule has 7 nitrogen and oxygen atoms in total. The molecule has 5 N–H and O–H groups in total. The third-order valence-electron chi connectivity index (χ3n) is 4.19. The Hall–Kier alpha value is -1.89. The number of nitrogen functional groups attached to an aromatic ring is 1. The zero-order valence-corrected chi connectivity index (χ0v) is 11.7. The Morgan fingerprint density at radius 2 is 2.20 bits per heavy atom. The van der Waals surface area contributed by atoms with Gasteiger partial charge in [0, 0.05) is 6.04 Å². The van der Waals surface area contributed by atoms with Crippen molar-refractivity contribution < 1.29 is 0 Å². The Morgan fingerprint density at radius 1 is 1.35 bits per heavy atom. The van der Waals surface area contributed by atoms with Crippen molar-refractivity contribution in [3.63, 3.8) is 0 Å². The van der Waals surface area contributed by atoms with Crippen LogP contribution in [0, 0.1) is 5.92 Å². The van der Waals surface area contributed by atoms with Gasteiger partial charge in [-0.3, -0.25) is 10.5 Å². The minimum atomic E-state index is 0.396. The largest absolute Gasteiger partial charge is 0.366 e. The molecule has 1 aliphatic carbocycles. The molecule has 0 amide bonds. The molecule has 2 aromatic rings. The van der Waals surface area contributed by atoms with Crippen LogP contribution >= 0.6 is 0 Å². The number of fused-ring (bicyclic) bond motifs is 1. The first-order valence-electron chi connectivity index (χ1n) is 7.26. The number of nitrogens with two attached hydrogens (primary N) is 1. The molecule has 2 unspecified atom stereocenters. The maximum atomic E-state index is 5.43. The van der Waals surface area contributed by atoms with Crippen molar-refractivity contribution in [3.8, 4) is 0 Å². The number of H-pyrrole nitrogens is 1. The zero-order valence-electron chi connectivity index (χ0n) is 11.7. The average molecular weight is 275 g/mol. The quantitative estimate of drug-likeness (QED) is 0.502. The maximum absolute atomic E-state index is 5.43. The van der Waals surface area contributed by atoms with Crippen LogP contribution in [0.2, 0.25) is 0 Å². The van der Waals surface area contributed by atoms with E-state index in [2.05, 4.69) is 37.8 Å². The summed E-state index contributed by atoms with van der Waals surface area (Å²) in [6, 6.07) is 0.465. The summed E-state index contributed by atoms with van der Waals surface area (Å²) >= 11 is 0. The molecule has 1 saturated carbocycles. The molecule has 20 heavy (non-hydrogen) atoms. The van der Waals surface area contributed by atoms with Gasteiger partial charge in [-0.05, 0) is 18.8 Å². The van der Waals surface area contributed by atoms with E-state index in [0.717, 1.165) is 11.2 Å². The minimum absolute atomic E-state index is 0.396. The molecule has 2 aromatic heterocycles. The number of hydrogen-bond acceptors (Lipinski definition) is 6. The highest BCUT2D eigenvalue weighted by Gasteiger charge is 2.24. The zero-order chi connectivity index (χ0) is 13.9. The fraction of sp³-hybridized carbons (Fsp3) is 0.615. The molecule has 2 atom stereocenters. The van der Waals surface area contributed by atoms with E-state index in [4.69, 9.17) is 5.84 Å². The van der Waals surface area contributed by atoms with E-state index in [1.165, 1.54) is 32.1 Å². The van der Waals surface area contributed by atoms with Gasteiger partial charge in [0.1, 0.15) is 5.82 Å². The molecule has 7 heteroatoms. The van der Waals surface area contributed by atoms with Gasteiger partial charge in [0.2, 0.25) is 5.95 Å². The van der Waals surface area contributed by atoms with Crippen molar-refractivity contribution in [2.45, 2.75) is 45.1 Å². The molecule has 0 saturated heterocycles. The highest BCUT2D eigenvalue weighted by atomic mass is 15.3. The number of hydrogen-bond donors (Lipinski definition) is 4. The molecule has 0 aliphatic heterocycles. The van der Waals surface area contributed by atoms with E-state index in [9.17, 15) is 0 Å². The second-order valence-electron chi connectivity index (χ2n) is 5.38. The Morgan fingerprint density at radius 3 is 3.00 bits per heavy atom. The number of aromatic nitrogens is 4. The van der Waals surface area contributed by atoms with E-state index in [0.29, 0.717) is 23.6 Å². The van der Waals surface area contributed by atoms with Crippen molar-refractivity contribution in [2.24, 2.45) is 11.8 Å². The van der Waals surface area contributed by atoms with Crippen LogP contribution in [0.15, 0.2) is 6.20 Å². The second-order valence-corrected chi connectivity index (χ2v) is 5.38. The second kappa shape index (κ2) is 5.62. The smallest absolute Gasteiger partial charge is 0.241 e. The van der Waals surface area contributed by atoms with Crippen LogP contribution in [-0.2, 0) is 0 Å². The molecule has 1 fully saturated rings. The molecule has 3 rings (SSSR count). The summed E-state index contributed by atoms with van der Waals surface area (Å²) in [5.74, 6) is 7.34.